The summed E-state index contributed by atoms with van der Waals surface area (Å²) in [6.45, 7) is 8.26. The molecule has 1 aliphatic rings. The molecule has 6 nitrogen and oxygen atoms in total. The first-order valence-electron chi connectivity index (χ1n) is 11.6. The lowest BCUT2D eigenvalue weighted by Gasteiger charge is -2.32. The van der Waals surface area contributed by atoms with Crippen molar-refractivity contribution in [2.24, 2.45) is 11.8 Å². The second-order valence-electron chi connectivity index (χ2n) is 9.09. The van der Waals surface area contributed by atoms with Crippen molar-refractivity contribution in [3.63, 3.8) is 0 Å². The number of nitrogens with one attached hydrogen (secondary N) is 1. The van der Waals surface area contributed by atoms with Gasteiger partial charge < -0.3 is 5.32 Å². The van der Waals surface area contributed by atoms with E-state index in [0.29, 0.717) is 18.4 Å². The van der Waals surface area contributed by atoms with Crippen molar-refractivity contribution in [2.45, 2.75) is 57.9 Å². The molecule has 1 unspecified atom stereocenters. The van der Waals surface area contributed by atoms with Crippen LogP contribution in [0.1, 0.15) is 68.1 Å². The lowest BCUT2D eigenvalue weighted by molar-refractivity contribution is -0.127. The zero-order valence-electron chi connectivity index (χ0n) is 19.9. The van der Waals surface area contributed by atoms with E-state index in [2.05, 4.69) is 50.4 Å². The number of nitrogens with zero attached hydrogens (tertiary/aromatic N) is 1. The van der Waals surface area contributed by atoms with Crippen LogP contribution >= 0.6 is 0 Å². The van der Waals surface area contributed by atoms with E-state index < -0.39 is 10.0 Å². The summed E-state index contributed by atoms with van der Waals surface area (Å²) in [4.78, 5) is 24.8. The number of sulfonamides is 1. The molecule has 0 aliphatic carbocycles. The van der Waals surface area contributed by atoms with Gasteiger partial charge in [0.2, 0.25) is 15.9 Å². The summed E-state index contributed by atoms with van der Waals surface area (Å²) in [5, 5.41) is 3.20. The summed E-state index contributed by atoms with van der Waals surface area (Å²) in [5.74, 6) is -0.193. The summed E-state index contributed by atoms with van der Waals surface area (Å²) in [5.41, 5.74) is 2.72. The summed E-state index contributed by atoms with van der Waals surface area (Å²) >= 11 is 0. The number of carbonyl (C=O) groups excluding carboxylic acids is 2. The minimum Gasteiger partial charge on any atom is -0.349 e. The minimum absolute atomic E-state index is 0.0242. The highest BCUT2D eigenvalue weighted by atomic mass is 32.2. The van der Waals surface area contributed by atoms with Crippen LogP contribution in [0, 0.1) is 11.8 Å². The number of ketones is 1. The molecule has 3 rings (SSSR count). The number of rotatable bonds is 8. The van der Waals surface area contributed by atoms with Gasteiger partial charge in [-0.1, -0.05) is 57.2 Å². The van der Waals surface area contributed by atoms with Crippen LogP contribution in [-0.4, -0.2) is 37.5 Å². The van der Waals surface area contributed by atoms with Crippen LogP contribution in [0.5, 0.6) is 0 Å². The molecule has 7 heteroatoms. The summed E-state index contributed by atoms with van der Waals surface area (Å²) in [6, 6.07) is 14.4. The van der Waals surface area contributed by atoms with Crippen LogP contribution in [-0.2, 0) is 21.2 Å². The van der Waals surface area contributed by atoms with Crippen molar-refractivity contribution in [1.29, 1.82) is 0 Å². The second-order valence-corrected chi connectivity index (χ2v) is 11.0. The molecule has 178 valence electrons. The maximum Gasteiger partial charge on any atom is 0.243 e. The molecular formula is C26H34N2O4S. The van der Waals surface area contributed by atoms with Gasteiger partial charge >= 0.3 is 0 Å². The number of hydrogen-bond acceptors (Lipinski definition) is 4. The van der Waals surface area contributed by atoms with Gasteiger partial charge in [0.05, 0.1) is 10.9 Å². The lowest BCUT2D eigenvalue weighted by Crippen LogP contribution is -2.44. The molecule has 2 aromatic carbocycles. The Labute approximate surface area is 197 Å². The summed E-state index contributed by atoms with van der Waals surface area (Å²) < 4.78 is 27.5. The summed E-state index contributed by atoms with van der Waals surface area (Å²) in [6.07, 6.45) is 1.91. The Morgan fingerprint density at radius 2 is 1.70 bits per heavy atom. The van der Waals surface area contributed by atoms with E-state index in [9.17, 15) is 18.0 Å². The zero-order chi connectivity index (χ0) is 24.2. The predicted molar refractivity (Wildman–Crippen MR) is 129 cm³/mol. The van der Waals surface area contributed by atoms with Gasteiger partial charge in [0.1, 0.15) is 0 Å². The van der Waals surface area contributed by atoms with Crippen LogP contribution in [0.15, 0.2) is 53.4 Å². The van der Waals surface area contributed by atoms with Gasteiger partial charge in [-0.2, -0.15) is 4.31 Å². The van der Waals surface area contributed by atoms with E-state index in [-0.39, 0.29) is 47.6 Å². The number of benzene rings is 2. The molecule has 33 heavy (non-hydrogen) atoms. The second kappa shape index (κ2) is 10.6. The fourth-order valence-electron chi connectivity index (χ4n) is 4.25. The fourth-order valence-corrected chi connectivity index (χ4v) is 5.77. The van der Waals surface area contributed by atoms with Crippen LogP contribution in [0.4, 0.5) is 0 Å². The van der Waals surface area contributed by atoms with Gasteiger partial charge in [-0.3, -0.25) is 9.59 Å². The molecule has 2 aromatic rings. The topological polar surface area (TPSA) is 83.6 Å². The molecule has 0 spiro atoms. The first-order valence-corrected chi connectivity index (χ1v) is 13.1. The molecular weight excluding hydrogens is 436 g/mol. The maximum atomic E-state index is 13.1. The molecule has 0 aromatic heterocycles. The van der Waals surface area contributed by atoms with Crippen molar-refractivity contribution in [2.75, 3.05) is 13.1 Å². The highest BCUT2D eigenvalue weighted by Gasteiger charge is 2.33. The predicted octanol–water partition coefficient (Wildman–Crippen LogP) is 4.37. The molecule has 1 amide bonds. The smallest absolute Gasteiger partial charge is 0.243 e. The molecule has 1 fully saturated rings. The Hall–Kier alpha value is -2.51. The number of carbonyl (C=O) groups is 2. The van der Waals surface area contributed by atoms with Gasteiger partial charge in [-0.15, -0.1) is 0 Å². The highest BCUT2D eigenvalue weighted by Crippen LogP contribution is 2.27. The SMILES string of the molecule is CCc1ccc(C(NC(=O)C2CCN(S(=O)(=O)c3cccc(C(C)=O)c3)CC2)C(C)C)cc1. The standard InChI is InChI=1S/C26H34N2O4S/c1-5-20-9-11-21(12-10-20)25(18(2)3)27-26(30)22-13-15-28(16-14-22)33(31,32)24-8-6-7-23(17-24)19(4)29/h6-12,17-18,22,25H,5,13-16H2,1-4H3,(H,27,30). The molecule has 0 saturated carbocycles. The lowest BCUT2D eigenvalue weighted by atomic mass is 9.92. The van der Waals surface area contributed by atoms with Crippen LogP contribution < -0.4 is 5.32 Å². The Bertz CT molecular complexity index is 1090. The quantitative estimate of drug-likeness (QED) is 0.581. The van der Waals surface area contributed by atoms with E-state index >= 15 is 0 Å². The zero-order valence-corrected chi connectivity index (χ0v) is 20.7. The normalized spacial score (nSPS) is 16.5. The Morgan fingerprint density at radius 1 is 1.06 bits per heavy atom. The van der Waals surface area contributed by atoms with E-state index in [1.807, 2.05) is 0 Å². The molecule has 1 aliphatic heterocycles. The van der Waals surface area contributed by atoms with Crippen molar-refractivity contribution < 1.29 is 18.0 Å². The number of hydrogen-bond donors (Lipinski definition) is 1. The van der Waals surface area contributed by atoms with E-state index in [1.165, 1.54) is 28.9 Å². The third kappa shape index (κ3) is 5.89. The molecule has 1 atom stereocenters. The third-order valence-corrected chi connectivity index (χ3v) is 8.31. The monoisotopic (exact) mass is 470 g/mol. The molecule has 1 heterocycles. The van der Waals surface area contributed by atoms with Crippen molar-refractivity contribution >= 4 is 21.7 Å². The first kappa shape index (κ1) is 25.1. The van der Waals surface area contributed by atoms with Gasteiger partial charge in [0, 0.05) is 24.6 Å². The Morgan fingerprint density at radius 3 is 2.24 bits per heavy atom. The number of piperidine rings is 1. The Kier molecular flexibility index (Phi) is 8.08. The van der Waals surface area contributed by atoms with Crippen LogP contribution in [0.25, 0.3) is 0 Å². The minimum atomic E-state index is -3.70. The van der Waals surface area contributed by atoms with E-state index in [1.54, 1.807) is 12.1 Å². The van der Waals surface area contributed by atoms with E-state index in [4.69, 9.17) is 0 Å². The third-order valence-electron chi connectivity index (χ3n) is 6.41. The van der Waals surface area contributed by atoms with Crippen LogP contribution in [0.3, 0.4) is 0 Å². The maximum absolute atomic E-state index is 13.1. The molecule has 0 bridgehead atoms. The van der Waals surface area contributed by atoms with Crippen molar-refractivity contribution in [1.82, 2.24) is 9.62 Å². The number of Topliss-reactive ketones (excluding diaryl/α,β-unsaturated/α-hetero) is 1. The van der Waals surface area contributed by atoms with Gasteiger partial charge in [0.15, 0.2) is 5.78 Å². The first-order chi connectivity index (χ1) is 15.6. The molecule has 0 radical (unpaired) electrons. The number of aryl methyl sites for hydroxylation is 1. The van der Waals surface area contributed by atoms with E-state index in [0.717, 1.165) is 12.0 Å². The van der Waals surface area contributed by atoms with Crippen molar-refractivity contribution in [3.05, 3.63) is 65.2 Å². The average molecular weight is 471 g/mol. The summed E-state index contributed by atoms with van der Waals surface area (Å²) in [7, 11) is -3.70. The van der Waals surface area contributed by atoms with Crippen LogP contribution in [0.2, 0.25) is 0 Å². The van der Waals surface area contributed by atoms with Gasteiger partial charge in [-0.05, 0) is 55.4 Å². The molecule has 1 saturated heterocycles. The highest BCUT2D eigenvalue weighted by molar-refractivity contribution is 7.89. The molecule has 1 N–H and O–H groups in total. The Balaban J connectivity index is 1.65. The van der Waals surface area contributed by atoms with Gasteiger partial charge in [0.25, 0.3) is 0 Å². The number of amides is 1. The average Bonchev–Trinajstić information content (AvgIpc) is 2.82. The van der Waals surface area contributed by atoms with Gasteiger partial charge in [-0.25, -0.2) is 8.42 Å². The van der Waals surface area contributed by atoms with Crippen molar-refractivity contribution in [3.8, 4) is 0 Å². The fraction of sp³-hybridized carbons (Fsp3) is 0.462. The largest absolute Gasteiger partial charge is 0.349 e.